The fourth-order valence-electron chi connectivity index (χ4n) is 1.13. The molecule has 0 spiro atoms. The minimum Gasteiger partial charge on any atom is -0.305 e. The molecule has 0 saturated heterocycles. The van der Waals surface area contributed by atoms with Gasteiger partial charge in [-0.2, -0.15) is 0 Å². The molecule has 12 heavy (non-hydrogen) atoms. The number of imidazole rings is 1. The van der Waals surface area contributed by atoms with E-state index in [4.69, 9.17) is 5.39 Å². The first-order valence-corrected chi connectivity index (χ1v) is 3.37. The SMILES string of the molecule is N#[N+]c1cccc2[nH]c(=O)[nH]c12. The van der Waals surface area contributed by atoms with Crippen LogP contribution in [0.5, 0.6) is 0 Å². The molecule has 0 aliphatic carbocycles. The quantitative estimate of drug-likeness (QED) is 0.572. The van der Waals surface area contributed by atoms with Crippen molar-refractivity contribution in [2.75, 3.05) is 0 Å². The Hall–Kier alpha value is -2.09. The highest BCUT2D eigenvalue weighted by molar-refractivity contribution is 5.87. The molecule has 2 aromatic rings. The fraction of sp³-hybridized carbons (Fsp3) is 0. The van der Waals surface area contributed by atoms with Crippen molar-refractivity contribution in [2.24, 2.45) is 0 Å². The predicted octanol–water partition coefficient (Wildman–Crippen LogP) is 1.34. The third-order valence-corrected chi connectivity index (χ3v) is 1.64. The van der Waals surface area contributed by atoms with Crippen LogP contribution in [0.4, 0.5) is 5.69 Å². The van der Waals surface area contributed by atoms with Crippen molar-refractivity contribution in [3.8, 4) is 0 Å². The molecule has 0 atom stereocenters. The van der Waals surface area contributed by atoms with Gasteiger partial charge in [-0.3, -0.25) is 4.98 Å². The molecule has 0 bridgehead atoms. The maximum atomic E-state index is 10.8. The van der Waals surface area contributed by atoms with E-state index in [9.17, 15) is 4.79 Å². The molecule has 0 saturated carbocycles. The van der Waals surface area contributed by atoms with Crippen molar-refractivity contribution >= 4 is 16.7 Å². The second-order valence-electron chi connectivity index (χ2n) is 2.38. The van der Waals surface area contributed by atoms with Crippen molar-refractivity contribution in [3.63, 3.8) is 0 Å². The van der Waals surface area contributed by atoms with Gasteiger partial charge in [0.1, 0.15) is 0 Å². The number of H-pyrrole nitrogens is 2. The number of benzene rings is 1. The van der Waals surface area contributed by atoms with E-state index in [1.165, 1.54) is 0 Å². The predicted molar refractivity (Wildman–Crippen MR) is 43.7 cm³/mol. The van der Waals surface area contributed by atoms with Crippen molar-refractivity contribution in [3.05, 3.63) is 33.7 Å². The zero-order valence-corrected chi connectivity index (χ0v) is 6.03. The summed E-state index contributed by atoms with van der Waals surface area (Å²) in [5.74, 6) is 0. The van der Waals surface area contributed by atoms with Crippen LogP contribution in [0.2, 0.25) is 0 Å². The van der Waals surface area contributed by atoms with Crippen LogP contribution < -0.4 is 5.69 Å². The molecule has 5 heteroatoms. The topological polar surface area (TPSA) is 76.8 Å². The van der Waals surface area contributed by atoms with Crippen molar-refractivity contribution < 1.29 is 0 Å². The summed E-state index contributed by atoms with van der Waals surface area (Å²) < 4.78 is 0. The van der Waals surface area contributed by atoms with Gasteiger partial charge in [0.25, 0.3) is 0 Å². The molecule has 0 aliphatic heterocycles. The van der Waals surface area contributed by atoms with Gasteiger partial charge in [0.05, 0.1) is 5.52 Å². The third-order valence-electron chi connectivity index (χ3n) is 1.64. The molecule has 2 rings (SSSR count). The van der Waals surface area contributed by atoms with Crippen LogP contribution in [0.25, 0.3) is 16.0 Å². The van der Waals surface area contributed by atoms with Gasteiger partial charge in [-0.1, -0.05) is 6.07 Å². The van der Waals surface area contributed by atoms with Crippen molar-refractivity contribution in [1.82, 2.24) is 9.97 Å². The Kier molecular flexibility index (Phi) is 1.21. The Morgan fingerprint density at radius 3 is 2.92 bits per heavy atom. The normalized spacial score (nSPS) is 9.92. The minimum absolute atomic E-state index is 0.305. The fourth-order valence-corrected chi connectivity index (χ4v) is 1.13. The van der Waals surface area contributed by atoms with Crippen LogP contribution >= 0.6 is 0 Å². The first-order chi connectivity index (χ1) is 5.81. The third kappa shape index (κ3) is 0.787. The number of rotatable bonds is 0. The van der Waals surface area contributed by atoms with Crippen LogP contribution in [0, 0.1) is 5.39 Å². The molecule has 58 valence electrons. The smallest absolute Gasteiger partial charge is 0.305 e. The average Bonchev–Trinajstić information content (AvgIpc) is 2.44. The standard InChI is InChI=1S/C7H4N4O/c8-11-5-3-1-2-4-6(5)10-7(12)9-4/h1-3,8H/p+1. The minimum atomic E-state index is -0.305. The van der Waals surface area contributed by atoms with Crippen LogP contribution in [-0.2, 0) is 0 Å². The maximum Gasteiger partial charge on any atom is 0.410 e. The highest BCUT2D eigenvalue weighted by atomic mass is 16.1. The summed E-state index contributed by atoms with van der Waals surface area (Å²) in [7, 11) is 0. The Morgan fingerprint density at radius 1 is 1.33 bits per heavy atom. The van der Waals surface area contributed by atoms with E-state index < -0.39 is 0 Å². The van der Waals surface area contributed by atoms with Crippen molar-refractivity contribution in [2.45, 2.75) is 0 Å². The number of aromatic amines is 2. The second-order valence-corrected chi connectivity index (χ2v) is 2.38. The summed E-state index contributed by atoms with van der Waals surface area (Å²) >= 11 is 0. The largest absolute Gasteiger partial charge is 0.410 e. The van der Waals surface area contributed by atoms with Crippen LogP contribution in [0.3, 0.4) is 0 Å². The molecule has 1 aromatic carbocycles. The van der Waals surface area contributed by atoms with Gasteiger partial charge >= 0.3 is 11.4 Å². The summed E-state index contributed by atoms with van der Waals surface area (Å²) in [4.78, 5) is 18.9. The Bertz CT molecular complexity index is 516. The summed E-state index contributed by atoms with van der Waals surface area (Å²) in [5.41, 5.74) is 1.20. The van der Waals surface area contributed by atoms with Gasteiger partial charge in [-0.15, -0.1) is 0 Å². The molecular weight excluding hydrogens is 156 g/mol. The van der Waals surface area contributed by atoms with Gasteiger partial charge in [-0.05, 0) is 6.07 Å². The summed E-state index contributed by atoms with van der Waals surface area (Å²) in [6.07, 6.45) is 0. The van der Waals surface area contributed by atoms with E-state index in [0.717, 1.165) is 0 Å². The number of hydrogen-bond donors (Lipinski definition) is 2. The summed E-state index contributed by atoms with van der Waals surface area (Å²) in [5, 5.41) is 8.53. The Morgan fingerprint density at radius 2 is 2.17 bits per heavy atom. The van der Waals surface area contributed by atoms with E-state index in [-0.39, 0.29) is 5.69 Å². The van der Waals surface area contributed by atoms with Crippen LogP contribution in [-0.4, -0.2) is 9.97 Å². The summed E-state index contributed by atoms with van der Waals surface area (Å²) in [6, 6.07) is 5.02. The lowest BCUT2D eigenvalue weighted by Crippen LogP contribution is -1.99. The van der Waals surface area contributed by atoms with Crippen LogP contribution in [0.1, 0.15) is 0 Å². The molecule has 0 unspecified atom stereocenters. The zero-order valence-electron chi connectivity index (χ0n) is 6.03. The van der Waals surface area contributed by atoms with Gasteiger partial charge in [-0.25, -0.2) is 4.79 Å². The molecule has 0 radical (unpaired) electrons. The molecule has 1 heterocycles. The first kappa shape index (κ1) is 6.61. The number of diazo groups is 1. The summed E-state index contributed by atoms with van der Waals surface area (Å²) in [6.45, 7) is 0. The van der Waals surface area contributed by atoms with Gasteiger partial charge in [0.15, 0.2) is 10.5 Å². The molecule has 0 aliphatic rings. The number of nitrogens with one attached hydrogen (secondary N) is 2. The molecule has 0 fully saturated rings. The zero-order chi connectivity index (χ0) is 8.55. The highest BCUT2D eigenvalue weighted by Crippen LogP contribution is 2.20. The second kappa shape index (κ2) is 2.20. The molecule has 1 aromatic heterocycles. The maximum absolute atomic E-state index is 10.8. The van der Waals surface area contributed by atoms with Gasteiger partial charge in [0, 0.05) is 6.07 Å². The van der Waals surface area contributed by atoms with E-state index in [1.807, 2.05) is 0 Å². The number of hydrogen-bond acceptors (Lipinski definition) is 2. The molecule has 5 nitrogen and oxygen atoms in total. The average molecular weight is 161 g/mol. The lowest BCUT2D eigenvalue weighted by molar-refractivity contribution is 1.22. The highest BCUT2D eigenvalue weighted by Gasteiger charge is 2.12. The lowest BCUT2D eigenvalue weighted by Gasteiger charge is -1.80. The lowest BCUT2D eigenvalue weighted by atomic mass is 10.3. The molecule has 0 amide bonds. The van der Waals surface area contributed by atoms with E-state index >= 15 is 0 Å². The molecular formula is C7H5N4O+. The van der Waals surface area contributed by atoms with E-state index in [2.05, 4.69) is 14.9 Å². The van der Waals surface area contributed by atoms with E-state index in [0.29, 0.717) is 16.7 Å². The van der Waals surface area contributed by atoms with Crippen LogP contribution in [0.15, 0.2) is 23.0 Å². The van der Waals surface area contributed by atoms with Gasteiger partial charge in [0.2, 0.25) is 5.39 Å². The number of fused-ring (bicyclic) bond motifs is 1. The number of para-hydroxylation sites is 1. The Balaban J connectivity index is 2.99. The number of aromatic nitrogens is 2. The monoisotopic (exact) mass is 161 g/mol. The first-order valence-electron chi connectivity index (χ1n) is 3.37. The number of nitrogens with zero attached hydrogens (tertiary/aromatic N) is 2. The molecule has 2 N–H and O–H groups in total. The van der Waals surface area contributed by atoms with Gasteiger partial charge < -0.3 is 4.98 Å². The van der Waals surface area contributed by atoms with E-state index in [1.54, 1.807) is 18.2 Å². The Labute approximate surface area is 66.7 Å². The van der Waals surface area contributed by atoms with Crippen molar-refractivity contribution in [1.29, 1.82) is 5.39 Å².